The number of H-pyrrole nitrogens is 1. The summed E-state index contributed by atoms with van der Waals surface area (Å²) in [7, 11) is 0. The SMILES string of the molecule is Cc1ccc(C)c(-n2c(SCC(=O)Nc3nc4ccccc4s3)nc3c([nH]c4ccccc43)c2=O)c1. The first kappa shape index (κ1) is 22.5. The summed E-state index contributed by atoms with van der Waals surface area (Å²) in [6.07, 6.45) is 0. The molecule has 0 aliphatic rings. The average Bonchev–Trinajstić information content (AvgIpc) is 3.45. The maximum absolute atomic E-state index is 13.8. The highest BCUT2D eigenvalue weighted by molar-refractivity contribution is 7.99. The van der Waals surface area contributed by atoms with Gasteiger partial charge in [0.1, 0.15) is 11.0 Å². The lowest BCUT2D eigenvalue weighted by Gasteiger charge is -2.15. The number of para-hydroxylation sites is 2. The van der Waals surface area contributed by atoms with Gasteiger partial charge in [-0.25, -0.2) is 9.97 Å². The van der Waals surface area contributed by atoms with Crippen LogP contribution in [0.1, 0.15) is 11.1 Å². The lowest BCUT2D eigenvalue weighted by Crippen LogP contribution is -2.23. The number of fused-ring (bicyclic) bond motifs is 4. The first-order valence-corrected chi connectivity index (χ1v) is 13.2. The van der Waals surface area contributed by atoms with Gasteiger partial charge in [0.2, 0.25) is 5.91 Å². The van der Waals surface area contributed by atoms with E-state index in [1.165, 1.54) is 23.1 Å². The van der Waals surface area contributed by atoms with E-state index in [0.717, 1.165) is 37.9 Å². The van der Waals surface area contributed by atoms with Gasteiger partial charge in [0.15, 0.2) is 10.3 Å². The van der Waals surface area contributed by atoms with Crippen LogP contribution in [0.2, 0.25) is 0 Å². The molecule has 9 heteroatoms. The first-order chi connectivity index (χ1) is 17.5. The maximum Gasteiger partial charge on any atom is 0.283 e. The van der Waals surface area contributed by atoms with Crippen molar-refractivity contribution >= 4 is 66.3 Å². The van der Waals surface area contributed by atoms with Gasteiger partial charge < -0.3 is 10.3 Å². The van der Waals surface area contributed by atoms with Crippen LogP contribution in [0.15, 0.2) is 76.7 Å². The number of carbonyl (C=O) groups is 1. The van der Waals surface area contributed by atoms with Gasteiger partial charge in [-0.1, -0.05) is 65.6 Å². The van der Waals surface area contributed by atoms with Crippen molar-refractivity contribution in [3.05, 3.63) is 88.2 Å². The van der Waals surface area contributed by atoms with Crippen LogP contribution in [0.5, 0.6) is 0 Å². The summed E-state index contributed by atoms with van der Waals surface area (Å²) < 4.78 is 2.62. The number of hydrogen-bond donors (Lipinski definition) is 2. The van der Waals surface area contributed by atoms with Gasteiger partial charge in [0.05, 0.1) is 21.7 Å². The lowest BCUT2D eigenvalue weighted by molar-refractivity contribution is -0.113. The molecule has 36 heavy (non-hydrogen) atoms. The third-order valence-electron chi connectivity index (χ3n) is 5.97. The van der Waals surface area contributed by atoms with E-state index < -0.39 is 0 Å². The number of benzene rings is 3. The van der Waals surface area contributed by atoms with Crippen LogP contribution >= 0.6 is 23.1 Å². The summed E-state index contributed by atoms with van der Waals surface area (Å²) in [4.78, 5) is 39.2. The Balaban J connectivity index is 1.40. The molecule has 2 N–H and O–H groups in total. The molecule has 7 nitrogen and oxygen atoms in total. The molecule has 0 aliphatic heterocycles. The Morgan fingerprint density at radius 1 is 1.06 bits per heavy atom. The molecule has 3 aromatic heterocycles. The molecule has 0 fully saturated rings. The predicted molar refractivity (Wildman–Crippen MR) is 148 cm³/mol. The Labute approximate surface area is 214 Å². The Kier molecular flexibility index (Phi) is 5.58. The van der Waals surface area contributed by atoms with Crippen LogP contribution in [0.25, 0.3) is 37.8 Å². The molecule has 0 spiro atoms. The van der Waals surface area contributed by atoms with Crippen LogP contribution in [0, 0.1) is 13.8 Å². The van der Waals surface area contributed by atoms with E-state index in [4.69, 9.17) is 4.98 Å². The third-order valence-corrected chi connectivity index (χ3v) is 7.86. The second kappa shape index (κ2) is 8.92. The van der Waals surface area contributed by atoms with Crippen molar-refractivity contribution in [1.29, 1.82) is 0 Å². The molecule has 3 heterocycles. The highest BCUT2D eigenvalue weighted by atomic mass is 32.2. The van der Waals surface area contributed by atoms with Gasteiger partial charge in [-0.3, -0.25) is 14.2 Å². The minimum atomic E-state index is -0.208. The fraction of sp³-hybridized carbons (Fsp3) is 0.111. The molecule has 0 unspecified atom stereocenters. The van der Waals surface area contributed by atoms with Crippen molar-refractivity contribution in [2.75, 3.05) is 11.1 Å². The number of hydrogen-bond acceptors (Lipinski definition) is 6. The van der Waals surface area contributed by atoms with Gasteiger partial charge >= 0.3 is 0 Å². The Hall–Kier alpha value is -3.95. The van der Waals surface area contributed by atoms with Gasteiger partial charge in [-0.15, -0.1) is 0 Å². The number of aromatic amines is 1. The number of nitrogens with zero attached hydrogens (tertiary/aromatic N) is 3. The largest absolute Gasteiger partial charge is 0.349 e. The normalized spacial score (nSPS) is 11.5. The summed E-state index contributed by atoms with van der Waals surface area (Å²) in [5, 5.41) is 4.77. The molecule has 0 radical (unpaired) electrons. The van der Waals surface area contributed by atoms with Crippen molar-refractivity contribution in [3.8, 4) is 5.69 Å². The quantitative estimate of drug-likeness (QED) is 0.225. The molecule has 6 aromatic rings. The van der Waals surface area contributed by atoms with Crippen LogP contribution in [-0.4, -0.2) is 31.2 Å². The summed E-state index contributed by atoms with van der Waals surface area (Å²) in [5.41, 5.74) is 5.28. The Bertz CT molecular complexity index is 1820. The number of thiazole rings is 1. The number of carbonyl (C=O) groups excluding carboxylic acids is 1. The average molecular weight is 512 g/mol. The van der Waals surface area contributed by atoms with E-state index in [-0.39, 0.29) is 17.2 Å². The number of thioether (sulfide) groups is 1. The monoisotopic (exact) mass is 511 g/mol. The van der Waals surface area contributed by atoms with Crippen LogP contribution in [0.3, 0.4) is 0 Å². The second-order valence-corrected chi connectivity index (χ2v) is 10.5. The van der Waals surface area contributed by atoms with E-state index >= 15 is 0 Å². The van der Waals surface area contributed by atoms with E-state index in [1.807, 2.05) is 80.6 Å². The zero-order valence-electron chi connectivity index (χ0n) is 19.5. The standard InChI is InChI=1S/C27H21N5O2S2/c1-15-11-12-16(2)20(13-15)32-25(34)24-23(17-7-3-4-8-18(17)28-24)31-27(32)35-14-22(33)30-26-29-19-9-5-6-10-21(19)36-26/h3-13,28H,14H2,1-2H3,(H,29,30,33). The number of rotatable bonds is 5. The Morgan fingerprint density at radius 2 is 1.86 bits per heavy atom. The van der Waals surface area contributed by atoms with Crippen molar-refractivity contribution in [1.82, 2.24) is 19.5 Å². The van der Waals surface area contributed by atoms with Gasteiger partial charge in [0, 0.05) is 10.9 Å². The molecule has 178 valence electrons. The highest BCUT2D eigenvalue weighted by Gasteiger charge is 2.19. The fourth-order valence-corrected chi connectivity index (χ4v) is 5.90. The second-order valence-electron chi connectivity index (χ2n) is 8.54. The predicted octanol–water partition coefficient (Wildman–Crippen LogP) is 5.82. The maximum atomic E-state index is 13.8. The molecular weight excluding hydrogens is 490 g/mol. The topological polar surface area (TPSA) is 92.7 Å². The molecule has 0 bridgehead atoms. The van der Waals surface area contributed by atoms with Crippen molar-refractivity contribution in [3.63, 3.8) is 0 Å². The smallest absolute Gasteiger partial charge is 0.283 e. The fourth-order valence-electron chi connectivity index (χ4n) is 4.22. The molecule has 3 aromatic carbocycles. The van der Waals surface area contributed by atoms with E-state index in [2.05, 4.69) is 15.3 Å². The van der Waals surface area contributed by atoms with E-state index in [9.17, 15) is 9.59 Å². The zero-order valence-corrected chi connectivity index (χ0v) is 21.2. The summed E-state index contributed by atoms with van der Waals surface area (Å²) in [5.74, 6) is -0.124. The number of amides is 1. The molecule has 0 aliphatic carbocycles. The first-order valence-electron chi connectivity index (χ1n) is 11.4. The van der Waals surface area contributed by atoms with Crippen LogP contribution in [-0.2, 0) is 4.79 Å². The van der Waals surface area contributed by atoms with Crippen molar-refractivity contribution < 1.29 is 4.79 Å². The summed E-state index contributed by atoms with van der Waals surface area (Å²) in [6, 6.07) is 21.4. The van der Waals surface area contributed by atoms with E-state index in [1.54, 1.807) is 4.57 Å². The number of anilines is 1. The van der Waals surface area contributed by atoms with Crippen molar-refractivity contribution in [2.24, 2.45) is 0 Å². The number of aryl methyl sites for hydroxylation is 2. The van der Waals surface area contributed by atoms with Gasteiger partial charge in [0.25, 0.3) is 5.56 Å². The Morgan fingerprint density at radius 3 is 2.72 bits per heavy atom. The minimum absolute atomic E-state index is 0.0844. The third kappa shape index (κ3) is 3.96. The van der Waals surface area contributed by atoms with Gasteiger partial charge in [-0.2, -0.15) is 0 Å². The molecule has 0 saturated heterocycles. The number of aromatic nitrogens is 4. The van der Waals surface area contributed by atoms with Gasteiger partial charge in [-0.05, 0) is 49.2 Å². The molecular formula is C27H21N5O2S2. The molecule has 6 rings (SSSR count). The lowest BCUT2D eigenvalue weighted by atomic mass is 10.1. The molecule has 0 saturated carbocycles. The number of nitrogens with one attached hydrogen (secondary N) is 2. The zero-order chi connectivity index (χ0) is 24.8. The minimum Gasteiger partial charge on any atom is -0.349 e. The van der Waals surface area contributed by atoms with Crippen molar-refractivity contribution in [2.45, 2.75) is 19.0 Å². The van der Waals surface area contributed by atoms with E-state index in [0.29, 0.717) is 21.3 Å². The van der Waals surface area contributed by atoms with Crippen LogP contribution < -0.4 is 10.9 Å². The summed E-state index contributed by atoms with van der Waals surface area (Å²) in [6.45, 7) is 3.95. The molecule has 0 atom stereocenters. The van der Waals surface area contributed by atoms with Crippen LogP contribution in [0.4, 0.5) is 5.13 Å². The summed E-state index contributed by atoms with van der Waals surface area (Å²) >= 11 is 2.66. The molecule has 1 amide bonds. The highest BCUT2D eigenvalue weighted by Crippen LogP contribution is 2.29.